The van der Waals surface area contributed by atoms with Crippen molar-refractivity contribution in [2.75, 3.05) is 13.2 Å². The molecular formula is C37H33N3O6S. The molecule has 1 aliphatic rings. The van der Waals surface area contributed by atoms with E-state index in [1.165, 1.54) is 11.3 Å². The van der Waals surface area contributed by atoms with Gasteiger partial charge in [0.25, 0.3) is 5.56 Å². The number of esters is 1. The number of thiazole rings is 1. The number of benzene rings is 3. The van der Waals surface area contributed by atoms with E-state index >= 15 is 0 Å². The van der Waals surface area contributed by atoms with E-state index in [-0.39, 0.29) is 23.3 Å². The van der Waals surface area contributed by atoms with Gasteiger partial charge in [0.15, 0.2) is 4.80 Å². The summed E-state index contributed by atoms with van der Waals surface area (Å²) in [6, 6.07) is 24.7. The number of hydrogen-bond acceptors (Lipinski definition) is 7. The highest BCUT2D eigenvalue weighted by Crippen LogP contribution is 2.35. The molecule has 9 nitrogen and oxygen atoms in total. The molecule has 0 bridgehead atoms. The predicted molar refractivity (Wildman–Crippen MR) is 181 cm³/mol. The van der Waals surface area contributed by atoms with Gasteiger partial charge in [-0.1, -0.05) is 53.8 Å². The first-order valence-electron chi connectivity index (χ1n) is 15.3. The minimum atomic E-state index is -0.987. The zero-order valence-corrected chi connectivity index (χ0v) is 27.2. The Hall–Kier alpha value is -5.48. The SMILES string of the molecule is CCOC(=O)C1=C(c2ccccc2)N=c2s/c(=C\c3cc(C)n(-c4ccc(C(=O)O)cc4)c3C)c(=O)n2[C@H]1c1ccc(OCC)cc1. The minimum absolute atomic E-state index is 0.166. The van der Waals surface area contributed by atoms with Crippen molar-refractivity contribution in [3.05, 3.63) is 144 Å². The van der Waals surface area contributed by atoms with E-state index in [0.29, 0.717) is 27.4 Å². The summed E-state index contributed by atoms with van der Waals surface area (Å²) in [6.45, 7) is 8.25. The van der Waals surface area contributed by atoms with Crippen LogP contribution in [0.2, 0.25) is 0 Å². The lowest BCUT2D eigenvalue weighted by Gasteiger charge is -2.26. The number of ether oxygens (including phenoxy) is 2. The first-order valence-corrected chi connectivity index (χ1v) is 16.1. The van der Waals surface area contributed by atoms with Crippen LogP contribution in [0.4, 0.5) is 0 Å². The number of rotatable bonds is 9. The van der Waals surface area contributed by atoms with Crippen molar-refractivity contribution in [2.24, 2.45) is 4.99 Å². The molecule has 0 spiro atoms. The molecule has 0 radical (unpaired) electrons. The van der Waals surface area contributed by atoms with Gasteiger partial charge in [0.05, 0.1) is 40.6 Å². The molecule has 1 aliphatic heterocycles. The molecule has 0 unspecified atom stereocenters. The second-order valence-electron chi connectivity index (χ2n) is 10.9. The van der Waals surface area contributed by atoms with Crippen LogP contribution in [-0.4, -0.2) is 39.4 Å². The maximum absolute atomic E-state index is 14.3. The van der Waals surface area contributed by atoms with Crippen LogP contribution in [-0.2, 0) is 9.53 Å². The second kappa shape index (κ2) is 13.1. The summed E-state index contributed by atoms with van der Waals surface area (Å²) in [5.74, 6) is -0.846. The Morgan fingerprint density at radius 1 is 0.957 bits per heavy atom. The lowest BCUT2D eigenvalue weighted by molar-refractivity contribution is -0.138. The van der Waals surface area contributed by atoms with Crippen LogP contribution in [0.15, 0.2) is 100 Å². The van der Waals surface area contributed by atoms with Gasteiger partial charge in [0, 0.05) is 22.6 Å². The van der Waals surface area contributed by atoms with Gasteiger partial charge in [-0.3, -0.25) is 9.36 Å². The van der Waals surface area contributed by atoms with Crippen molar-refractivity contribution in [3.8, 4) is 11.4 Å². The molecule has 0 saturated carbocycles. The molecule has 1 N–H and O–H groups in total. The van der Waals surface area contributed by atoms with Gasteiger partial charge in [0.1, 0.15) is 5.75 Å². The number of aromatic nitrogens is 2. The van der Waals surface area contributed by atoms with Gasteiger partial charge in [-0.25, -0.2) is 14.6 Å². The first kappa shape index (κ1) is 31.5. The second-order valence-corrected chi connectivity index (χ2v) is 12.0. The summed E-state index contributed by atoms with van der Waals surface area (Å²) >= 11 is 1.26. The first-order chi connectivity index (χ1) is 22.7. The van der Waals surface area contributed by atoms with Crippen LogP contribution >= 0.6 is 11.3 Å². The molecule has 0 saturated heterocycles. The molecule has 0 amide bonds. The largest absolute Gasteiger partial charge is 0.494 e. The van der Waals surface area contributed by atoms with Crippen LogP contribution < -0.4 is 19.6 Å². The number of carboxylic acid groups (broad SMARTS) is 1. The topological polar surface area (TPSA) is 112 Å². The number of nitrogens with zero attached hydrogens (tertiary/aromatic N) is 3. The Labute approximate surface area is 275 Å². The quantitative estimate of drug-likeness (QED) is 0.213. The highest BCUT2D eigenvalue weighted by molar-refractivity contribution is 7.07. The molecule has 0 aliphatic carbocycles. The number of aryl methyl sites for hydroxylation is 1. The molecule has 1 atom stereocenters. The summed E-state index contributed by atoms with van der Waals surface area (Å²) < 4.78 is 15.3. The van der Waals surface area contributed by atoms with Crippen molar-refractivity contribution in [2.45, 2.75) is 33.7 Å². The highest BCUT2D eigenvalue weighted by atomic mass is 32.1. The molecule has 3 heterocycles. The van der Waals surface area contributed by atoms with Gasteiger partial charge >= 0.3 is 11.9 Å². The van der Waals surface area contributed by atoms with Crippen molar-refractivity contribution in [1.29, 1.82) is 0 Å². The molecule has 6 rings (SSSR count). The normalized spacial score (nSPS) is 14.5. The van der Waals surface area contributed by atoms with E-state index in [1.807, 2.05) is 92.1 Å². The van der Waals surface area contributed by atoms with E-state index in [2.05, 4.69) is 0 Å². The van der Waals surface area contributed by atoms with Gasteiger partial charge in [-0.05, 0) is 87.4 Å². The van der Waals surface area contributed by atoms with Crippen molar-refractivity contribution < 1.29 is 24.2 Å². The third-order valence-corrected chi connectivity index (χ3v) is 8.99. The zero-order chi connectivity index (χ0) is 33.2. The molecule has 3 aromatic carbocycles. The van der Waals surface area contributed by atoms with E-state index in [4.69, 9.17) is 14.5 Å². The van der Waals surface area contributed by atoms with Gasteiger partial charge in [-0.15, -0.1) is 0 Å². The molecule has 47 heavy (non-hydrogen) atoms. The molecule has 5 aromatic rings. The fourth-order valence-electron chi connectivity index (χ4n) is 5.89. The highest BCUT2D eigenvalue weighted by Gasteiger charge is 2.35. The van der Waals surface area contributed by atoms with E-state index in [9.17, 15) is 19.5 Å². The maximum Gasteiger partial charge on any atom is 0.338 e. The number of carboxylic acids is 1. The molecule has 0 fully saturated rings. The number of hydrogen-bond donors (Lipinski definition) is 1. The lowest BCUT2D eigenvalue weighted by atomic mass is 9.93. The van der Waals surface area contributed by atoms with Gasteiger partial charge in [0.2, 0.25) is 0 Å². The van der Waals surface area contributed by atoms with Crippen LogP contribution in [0.1, 0.15) is 58.3 Å². The fraction of sp³-hybridized carbons (Fsp3) is 0.189. The van der Waals surface area contributed by atoms with E-state index in [0.717, 1.165) is 33.8 Å². The Bertz CT molecular complexity index is 2190. The number of carbonyl (C=O) groups excluding carboxylic acids is 1. The van der Waals surface area contributed by atoms with E-state index in [1.54, 1.807) is 35.8 Å². The summed E-state index contributed by atoms with van der Waals surface area (Å²) in [7, 11) is 0. The van der Waals surface area contributed by atoms with Crippen molar-refractivity contribution in [3.63, 3.8) is 0 Å². The summed E-state index contributed by atoms with van der Waals surface area (Å²) in [5, 5.41) is 9.31. The summed E-state index contributed by atoms with van der Waals surface area (Å²) in [4.78, 5) is 44.8. The number of fused-ring (bicyclic) bond motifs is 1. The molecule has 238 valence electrons. The molecule has 10 heteroatoms. The predicted octanol–water partition coefficient (Wildman–Crippen LogP) is 5.44. The van der Waals surface area contributed by atoms with Crippen molar-refractivity contribution >= 4 is 35.0 Å². The molecule has 2 aromatic heterocycles. The standard InChI is InChI=1S/C37H33N3O6S/c1-5-45-29-18-14-25(15-19-29)33-31(36(44)46-6-2)32(24-10-8-7-9-11-24)38-37-40(33)34(41)30(47-37)21-27-20-22(3)39(23(27)4)28-16-12-26(13-17-28)35(42)43/h7-21,33H,5-6H2,1-4H3,(H,42,43)/b30-21-/t33-/m0/s1. The Morgan fingerprint density at radius 3 is 2.30 bits per heavy atom. The summed E-state index contributed by atoms with van der Waals surface area (Å²) in [5.41, 5.74) is 5.58. The Morgan fingerprint density at radius 2 is 1.66 bits per heavy atom. The summed E-state index contributed by atoms with van der Waals surface area (Å²) in [6.07, 6.45) is 1.85. The van der Waals surface area contributed by atoms with Crippen LogP contribution in [0, 0.1) is 13.8 Å². The van der Waals surface area contributed by atoms with Gasteiger partial charge in [-0.2, -0.15) is 0 Å². The lowest BCUT2D eigenvalue weighted by Crippen LogP contribution is -2.40. The zero-order valence-electron chi connectivity index (χ0n) is 26.4. The number of aromatic carboxylic acids is 1. The van der Waals surface area contributed by atoms with E-state index < -0.39 is 18.0 Å². The number of carbonyl (C=O) groups is 2. The Balaban J connectivity index is 1.56. The van der Waals surface area contributed by atoms with Gasteiger partial charge < -0.3 is 19.1 Å². The molecular weight excluding hydrogens is 614 g/mol. The monoisotopic (exact) mass is 647 g/mol. The van der Waals surface area contributed by atoms with Crippen molar-refractivity contribution in [1.82, 2.24) is 9.13 Å². The minimum Gasteiger partial charge on any atom is -0.494 e. The Kier molecular flexibility index (Phi) is 8.78. The average Bonchev–Trinajstić information content (AvgIpc) is 3.54. The van der Waals surface area contributed by atoms with Crippen LogP contribution in [0.5, 0.6) is 5.75 Å². The van der Waals surface area contributed by atoms with Crippen LogP contribution in [0.3, 0.4) is 0 Å². The third-order valence-electron chi connectivity index (χ3n) is 8.01. The smallest absolute Gasteiger partial charge is 0.338 e. The average molecular weight is 648 g/mol. The maximum atomic E-state index is 14.3. The fourth-order valence-corrected chi connectivity index (χ4v) is 6.89. The van der Waals surface area contributed by atoms with Crippen LogP contribution in [0.25, 0.3) is 17.5 Å². The third kappa shape index (κ3) is 5.95.